The second-order valence-electron chi connectivity index (χ2n) is 5.91. The molecule has 1 fully saturated rings. The van der Waals surface area contributed by atoms with Gasteiger partial charge in [0, 0.05) is 13.1 Å². The van der Waals surface area contributed by atoms with Crippen LogP contribution in [-0.4, -0.2) is 41.3 Å². The van der Waals surface area contributed by atoms with Crippen LogP contribution in [0.3, 0.4) is 0 Å². The van der Waals surface area contributed by atoms with E-state index in [1.165, 1.54) is 18.9 Å². The number of rotatable bonds is 2. The molecule has 1 N–H and O–H groups in total. The molecule has 3 rings (SSSR count). The molecular formula is C17H20N2O3S. The number of hydrogen-bond acceptors (Lipinski definition) is 5. The summed E-state index contributed by atoms with van der Waals surface area (Å²) in [4.78, 5) is 19.1. The molecule has 0 unspecified atom stereocenters. The fraction of sp³-hybridized carbons (Fsp3) is 0.412. The van der Waals surface area contributed by atoms with Crippen molar-refractivity contribution in [1.29, 1.82) is 0 Å². The lowest BCUT2D eigenvalue weighted by molar-refractivity contribution is -0.113. The largest absolute Gasteiger partial charge is 0.504 e. The van der Waals surface area contributed by atoms with E-state index in [9.17, 15) is 9.90 Å². The van der Waals surface area contributed by atoms with Crippen molar-refractivity contribution in [2.45, 2.75) is 19.8 Å². The molecule has 0 aromatic heterocycles. The third-order valence-corrected chi connectivity index (χ3v) is 5.21. The van der Waals surface area contributed by atoms with Gasteiger partial charge in [-0.2, -0.15) is 4.99 Å². The SMILES string of the molecule is COc1cc(/C=C2/SC(N3CCC(C)CC3)=NC2=O)ccc1O. The van der Waals surface area contributed by atoms with E-state index in [0.29, 0.717) is 10.7 Å². The van der Waals surface area contributed by atoms with Gasteiger partial charge in [0.2, 0.25) is 0 Å². The predicted octanol–water partition coefficient (Wildman–Crippen LogP) is 3.10. The number of methoxy groups -OCH3 is 1. The molecule has 5 nitrogen and oxygen atoms in total. The summed E-state index contributed by atoms with van der Waals surface area (Å²) in [6, 6.07) is 5.01. The van der Waals surface area contributed by atoms with Gasteiger partial charge in [-0.1, -0.05) is 13.0 Å². The van der Waals surface area contributed by atoms with Crippen molar-refractivity contribution in [2.75, 3.05) is 20.2 Å². The van der Waals surface area contributed by atoms with Gasteiger partial charge in [-0.25, -0.2) is 0 Å². The van der Waals surface area contributed by atoms with Crippen LogP contribution in [0.25, 0.3) is 6.08 Å². The molecule has 23 heavy (non-hydrogen) atoms. The summed E-state index contributed by atoms with van der Waals surface area (Å²) in [5.41, 5.74) is 0.805. The van der Waals surface area contributed by atoms with E-state index in [1.54, 1.807) is 24.3 Å². The zero-order chi connectivity index (χ0) is 16.4. The van der Waals surface area contributed by atoms with Gasteiger partial charge in [0.05, 0.1) is 12.0 Å². The maximum absolute atomic E-state index is 12.1. The van der Waals surface area contributed by atoms with Crippen LogP contribution in [0.15, 0.2) is 28.1 Å². The molecule has 1 aromatic rings. The number of aromatic hydroxyl groups is 1. The summed E-state index contributed by atoms with van der Waals surface area (Å²) >= 11 is 1.42. The number of piperidine rings is 1. The molecule has 0 saturated carbocycles. The lowest BCUT2D eigenvalue weighted by atomic mass is 10.00. The third-order valence-electron chi connectivity index (χ3n) is 4.16. The maximum Gasteiger partial charge on any atom is 0.286 e. The minimum absolute atomic E-state index is 0.0828. The highest BCUT2D eigenvalue weighted by molar-refractivity contribution is 8.18. The first kappa shape index (κ1) is 15.9. The highest BCUT2D eigenvalue weighted by Gasteiger charge is 2.28. The molecule has 1 aromatic carbocycles. The van der Waals surface area contributed by atoms with Gasteiger partial charge >= 0.3 is 0 Å². The van der Waals surface area contributed by atoms with Crippen LogP contribution in [0.5, 0.6) is 11.5 Å². The number of carbonyl (C=O) groups is 1. The summed E-state index contributed by atoms with van der Waals surface area (Å²) in [5.74, 6) is 1.02. The van der Waals surface area contributed by atoms with Crippen molar-refractivity contribution in [3.8, 4) is 11.5 Å². The molecular weight excluding hydrogens is 312 g/mol. The number of hydrogen-bond donors (Lipinski definition) is 1. The molecule has 0 atom stereocenters. The summed E-state index contributed by atoms with van der Waals surface area (Å²) in [7, 11) is 1.50. The van der Waals surface area contributed by atoms with Crippen molar-refractivity contribution in [3.05, 3.63) is 28.7 Å². The molecule has 0 spiro atoms. The van der Waals surface area contributed by atoms with E-state index in [-0.39, 0.29) is 11.7 Å². The molecule has 1 saturated heterocycles. The van der Waals surface area contributed by atoms with E-state index in [0.717, 1.165) is 42.6 Å². The van der Waals surface area contributed by atoms with Crippen molar-refractivity contribution < 1.29 is 14.6 Å². The smallest absolute Gasteiger partial charge is 0.286 e. The Balaban J connectivity index is 1.74. The highest BCUT2D eigenvalue weighted by Crippen LogP contribution is 2.33. The van der Waals surface area contributed by atoms with Gasteiger partial charge in [0.25, 0.3) is 5.91 Å². The highest BCUT2D eigenvalue weighted by atomic mass is 32.2. The Labute approximate surface area is 140 Å². The normalized spacial score (nSPS) is 21.0. The minimum atomic E-state index is -0.198. The number of ether oxygens (including phenoxy) is 1. The number of phenolic OH excluding ortho intramolecular Hbond substituents is 1. The lowest BCUT2D eigenvalue weighted by Crippen LogP contribution is -2.35. The second kappa shape index (κ2) is 6.66. The minimum Gasteiger partial charge on any atom is -0.504 e. The van der Waals surface area contributed by atoms with Crippen molar-refractivity contribution >= 4 is 28.9 Å². The van der Waals surface area contributed by atoms with Crippen molar-refractivity contribution in [2.24, 2.45) is 10.9 Å². The molecule has 2 aliphatic heterocycles. The molecule has 0 bridgehead atoms. The number of nitrogens with zero attached hydrogens (tertiary/aromatic N) is 2. The van der Waals surface area contributed by atoms with Crippen LogP contribution >= 0.6 is 11.8 Å². The standard InChI is InChI=1S/C17H20N2O3S/c1-11-5-7-19(8-6-11)17-18-16(21)15(23-17)10-12-3-4-13(20)14(9-12)22-2/h3-4,9-11,20H,5-8H2,1-2H3/b15-10+. The van der Waals surface area contributed by atoms with Crippen molar-refractivity contribution in [1.82, 2.24) is 4.90 Å². The quantitative estimate of drug-likeness (QED) is 0.843. The monoisotopic (exact) mass is 332 g/mol. The first-order valence-electron chi connectivity index (χ1n) is 7.71. The van der Waals surface area contributed by atoms with Crippen molar-refractivity contribution in [3.63, 3.8) is 0 Å². The van der Waals surface area contributed by atoms with Gasteiger partial charge < -0.3 is 14.7 Å². The maximum atomic E-state index is 12.1. The van der Waals surface area contributed by atoms with Gasteiger partial charge in [-0.15, -0.1) is 0 Å². The van der Waals surface area contributed by atoms with Crippen LogP contribution in [-0.2, 0) is 4.79 Å². The number of amidine groups is 1. The Kier molecular flexibility index (Phi) is 4.61. The van der Waals surface area contributed by atoms with E-state index in [1.807, 2.05) is 0 Å². The number of aliphatic imine (C=N–C) groups is 1. The van der Waals surface area contributed by atoms with Gasteiger partial charge in [0.15, 0.2) is 16.7 Å². The van der Waals surface area contributed by atoms with Crippen LogP contribution in [0.1, 0.15) is 25.3 Å². The number of amides is 1. The molecule has 6 heteroatoms. The number of thioether (sulfide) groups is 1. The molecule has 1 amide bonds. The van der Waals surface area contributed by atoms with Gasteiger partial charge in [0.1, 0.15) is 0 Å². The lowest BCUT2D eigenvalue weighted by Gasteiger charge is -2.30. The summed E-state index contributed by atoms with van der Waals surface area (Å²) in [5, 5.41) is 10.4. The second-order valence-corrected chi connectivity index (χ2v) is 6.92. The van der Waals surface area contributed by atoms with E-state index >= 15 is 0 Å². The fourth-order valence-electron chi connectivity index (χ4n) is 2.67. The summed E-state index contributed by atoms with van der Waals surface area (Å²) < 4.78 is 5.10. The Morgan fingerprint density at radius 3 is 2.83 bits per heavy atom. The van der Waals surface area contributed by atoms with Crippen LogP contribution < -0.4 is 4.74 Å². The topological polar surface area (TPSA) is 62.1 Å². The van der Waals surface area contributed by atoms with Gasteiger partial charge in [-0.3, -0.25) is 4.79 Å². The van der Waals surface area contributed by atoms with Crippen LogP contribution in [0.2, 0.25) is 0 Å². The van der Waals surface area contributed by atoms with Crippen LogP contribution in [0.4, 0.5) is 0 Å². The number of likely N-dealkylation sites (tertiary alicyclic amines) is 1. The number of benzene rings is 1. The Bertz CT molecular complexity index is 676. The van der Waals surface area contributed by atoms with E-state index in [4.69, 9.17) is 4.74 Å². The summed E-state index contributed by atoms with van der Waals surface area (Å²) in [6.07, 6.45) is 4.07. The first-order chi connectivity index (χ1) is 11.1. The van der Waals surface area contributed by atoms with E-state index < -0.39 is 0 Å². The fourth-order valence-corrected chi connectivity index (χ4v) is 3.63. The third kappa shape index (κ3) is 3.52. The van der Waals surface area contributed by atoms with E-state index in [2.05, 4.69) is 16.8 Å². The molecule has 2 heterocycles. The molecule has 0 aliphatic carbocycles. The Morgan fingerprint density at radius 2 is 2.13 bits per heavy atom. The zero-order valence-corrected chi connectivity index (χ0v) is 14.1. The molecule has 122 valence electrons. The zero-order valence-electron chi connectivity index (χ0n) is 13.3. The number of carbonyl (C=O) groups excluding carboxylic acids is 1. The van der Waals surface area contributed by atoms with Gasteiger partial charge in [-0.05, 0) is 54.3 Å². The molecule has 0 radical (unpaired) electrons. The Morgan fingerprint density at radius 1 is 1.39 bits per heavy atom. The average Bonchev–Trinajstić information content (AvgIpc) is 2.91. The summed E-state index contributed by atoms with van der Waals surface area (Å²) in [6.45, 7) is 4.18. The van der Waals surface area contributed by atoms with Crippen LogP contribution in [0, 0.1) is 5.92 Å². The molecule has 2 aliphatic rings. The Hall–Kier alpha value is -1.95. The predicted molar refractivity (Wildman–Crippen MR) is 92.6 cm³/mol. The number of phenols is 1. The first-order valence-corrected chi connectivity index (χ1v) is 8.53. The average molecular weight is 332 g/mol.